The molecule has 1 aliphatic carbocycles. The smallest absolute Gasteiger partial charge is 0.259 e. The van der Waals surface area contributed by atoms with Crippen molar-refractivity contribution in [3.63, 3.8) is 0 Å². The second-order valence-corrected chi connectivity index (χ2v) is 7.81. The van der Waals surface area contributed by atoms with Crippen molar-refractivity contribution in [3.05, 3.63) is 58.8 Å². The molecule has 1 N–H and O–H groups in total. The Bertz CT molecular complexity index is 1000. The number of hydrogen-bond donors (Lipinski definition) is 1. The van der Waals surface area contributed by atoms with Crippen molar-refractivity contribution in [2.24, 2.45) is 7.05 Å². The Kier molecular flexibility index (Phi) is 4.38. The van der Waals surface area contributed by atoms with Crippen molar-refractivity contribution < 1.29 is 8.42 Å². The highest BCUT2D eigenvalue weighted by Crippen LogP contribution is 2.26. The first-order valence-corrected chi connectivity index (χ1v) is 9.38. The average Bonchev–Trinajstić information content (AvgIpc) is 2.58. The lowest BCUT2D eigenvalue weighted by atomic mass is 9.95. The van der Waals surface area contributed by atoms with Crippen molar-refractivity contribution in [1.82, 2.24) is 14.3 Å². The van der Waals surface area contributed by atoms with Crippen molar-refractivity contribution in [1.29, 1.82) is 0 Å². The van der Waals surface area contributed by atoms with E-state index in [-0.39, 0.29) is 17.4 Å². The maximum absolute atomic E-state index is 12.2. The number of aryl methyl sites for hydroxylation is 1. The molecule has 0 saturated heterocycles. The quantitative estimate of drug-likeness (QED) is 0.912. The Morgan fingerprint density at radius 3 is 2.92 bits per heavy atom. The van der Waals surface area contributed by atoms with Crippen LogP contribution in [0.3, 0.4) is 0 Å². The summed E-state index contributed by atoms with van der Waals surface area (Å²) in [5, 5.41) is 1.35. The summed E-state index contributed by atoms with van der Waals surface area (Å²) < 4.78 is 27.8. The molecule has 0 saturated carbocycles. The van der Waals surface area contributed by atoms with Gasteiger partial charge in [-0.1, -0.05) is 18.2 Å². The first kappa shape index (κ1) is 16.6. The van der Waals surface area contributed by atoms with Crippen LogP contribution in [0.2, 0.25) is 0 Å². The molecule has 0 fully saturated rings. The maximum Gasteiger partial charge on any atom is 0.259 e. The van der Waals surface area contributed by atoms with Gasteiger partial charge in [-0.15, -0.1) is 0 Å². The molecule has 0 amide bonds. The van der Waals surface area contributed by atoms with E-state index >= 15 is 0 Å². The predicted molar refractivity (Wildman–Crippen MR) is 95.1 cm³/mol. The molecule has 2 heterocycles. The summed E-state index contributed by atoms with van der Waals surface area (Å²) in [6.45, 7) is 1.61. The van der Waals surface area contributed by atoms with Gasteiger partial charge < -0.3 is 4.57 Å². The van der Waals surface area contributed by atoms with E-state index < -0.39 is 10.0 Å². The summed E-state index contributed by atoms with van der Waals surface area (Å²) in [5.41, 5.74) is 1.66. The van der Waals surface area contributed by atoms with Crippen LogP contribution in [0.5, 0.6) is 0 Å². The van der Waals surface area contributed by atoms with E-state index in [1.165, 1.54) is 4.57 Å². The third kappa shape index (κ3) is 3.18. The van der Waals surface area contributed by atoms with Gasteiger partial charge in [0, 0.05) is 37.2 Å². The lowest BCUT2D eigenvalue weighted by Gasteiger charge is -2.19. The highest BCUT2D eigenvalue weighted by Gasteiger charge is 2.18. The van der Waals surface area contributed by atoms with Crippen LogP contribution in [0.25, 0.3) is 16.3 Å². The van der Waals surface area contributed by atoms with Gasteiger partial charge in [0.2, 0.25) is 10.0 Å². The number of hydrogen-bond acceptors (Lipinski definition) is 4. The fraction of sp³-hybridized carbons (Fsp3) is 0.294. The van der Waals surface area contributed by atoms with E-state index in [4.69, 9.17) is 0 Å². The summed E-state index contributed by atoms with van der Waals surface area (Å²) in [7, 11) is -1.58. The van der Waals surface area contributed by atoms with Crippen molar-refractivity contribution in [2.45, 2.75) is 19.4 Å². The lowest BCUT2D eigenvalue weighted by molar-refractivity contribution is 0.572. The van der Waals surface area contributed by atoms with Gasteiger partial charge in [0.15, 0.2) is 0 Å². The fourth-order valence-corrected chi connectivity index (χ4v) is 3.59. The monoisotopic (exact) mass is 345 g/mol. The largest absolute Gasteiger partial charge is 0.317 e. The minimum Gasteiger partial charge on any atom is -0.317 e. The number of nitrogens with one attached hydrogen (secondary N) is 1. The molecule has 0 aliphatic heterocycles. The molecule has 0 bridgehead atoms. The standard InChI is InChI=1S/C17H19N3O3S/c1-3-24(22,23)19-13-6-4-5-12(9-13)16-11-20(2)17(21)15-10-18-8-7-14(15)16/h4-5,7-11,13,19H,3,6H2,1-2H3. The third-order valence-electron chi connectivity index (χ3n) is 4.07. The molecule has 0 spiro atoms. The zero-order chi connectivity index (χ0) is 17.3. The number of aromatic nitrogens is 2. The van der Waals surface area contributed by atoms with Crippen molar-refractivity contribution in [2.75, 3.05) is 5.75 Å². The van der Waals surface area contributed by atoms with E-state index in [9.17, 15) is 13.2 Å². The molecule has 1 aliphatic rings. The van der Waals surface area contributed by atoms with Crippen LogP contribution in [-0.4, -0.2) is 29.8 Å². The van der Waals surface area contributed by atoms with Crippen LogP contribution in [0, 0.1) is 0 Å². The van der Waals surface area contributed by atoms with E-state index in [2.05, 4.69) is 9.71 Å². The minimum atomic E-state index is -3.28. The van der Waals surface area contributed by atoms with Gasteiger partial charge in [-0.2, -0.15) is 0 Å². The fourth-order valence-electron chi connectivity index (χ4n) is 2.80. The van der Waals surface area contributed by atoms with Crippen LogP contribution in [0.15, 0.2) is 47.7 Å². The molecule has 7 heteroatoms. The summed E-state index contributed by atoms with van der Waals surface area (Å²) in [6.07, 6.45) is 11.4. The van der Waals surface area contributed by atoms with Crippen molar-refractivity contribution >= 4 is 26.4 Å². The van der Waals surface area contributed by atoms with Crippen LogP contribution >= 0.6 is 0 Å². The minimum absolute atomic E-state index is 0.0465. The van der Waals surface area contributed by atoms with E-state index in [0.29, 0.717) is 11.8 Å². The second-order valence-electron chi connectivity index (χ2n) is 5.77. The Hall–Kier alpha value is -2.25. The molecule has 2 aromatic heterocycles. The normalized spacial score (nSPS) is 17.9. The van der Waals surface area contributed by atoms with Gasteiger partial charge in [0.1, 0.15) is 0 Å². The summed E-state index contributed by atoms with van der Waals surface area (Å²) >= 11 is 0. The Labute approximate surface area is 140 Å². The Morgan fingerprint density at radius 1 is 1.38 bits per heavy atom. The molecule has 6 nitrogen and oxygen atoms in total. The summed E-state index contributed by atoms with van der Waals surface area (Å²) in [5.74, 6) is 0.0465. The van der Waals surface area contributed by atoms with Gasteiger partial charge in [-0.25, -0.2) is 13.1 Å². The maximum atomic E-state index is 12.2. The van der Waals surface area contributed by atoms with E-state index in [1.54, 1.807) is 38.6 Å². The number of nitrogens with zero attached hydrogens (tertiary/aromatic N) is 2. The second kappa shape index (κ2) is 6.33. The van der Waals surface area contributed by atoms with Gasteiger partial charge >= 0.3 is 0 Å². The van der Waals surface area contributed by atoms with Crippen LogP contribution < -0.4 is 10.3 Å². The number of pyridine rings is 2. The van der Waals surface area contributed by atoms with Crippen LogP contribution in [0.4, 0.5) is 0 Å². The zero-order valence-electron chi connectivity index (χ0n) is 13.6. The molecule has 0 aromatic carbocycles. The molecular formula is C17H19N3O3S. The van der Waals surface area contributed by atoms with Crippen molar-refractivity contribution in [3.8, 4) is 0 Å². The van der Waals surface area contributed by atoms with Gasteiger partial charge in [0.25, 0.3) is 5.56 Å². The lowest BCUT2D eigenvalue weighted by Crippen LogP contribution is -2.35. The molecule has 0 radical (unpaired) electrons. The van der Waals surface area contributed by atoms with Gasteiger partial charge in [0.05, 0.1) is 11.1 Å². The van der Waals surface area contributed by atoms with Crippen LogP contribution in [-0.2, 0) is 17.1 Å². The Morgan fingerprint density at radius 2 is 2.17 bits per heavy atom. The SMILES string of the molecule is CCS(=O)(=O)NC1C=C(c2cn(C)c(=O)c3cnccc23)C=CC1. The van der Waals surface area contributed by atoms with Crippen LogP contribution in [0.1, 0.15) is 18.9 Å². The third-order valence-corrected chi connectivity index (χ3v) is 5.50. The first-order valence-electron chi connectivity index (χ1n) is 7.73. The number of allylic oxidation sites excluding steroid dienone is 2. The molecule has 3 rings (SSSR count). The molecule has 1 atom stereocenters. The summed E-state index contributed by atoms with van der Waals surface area (Å²) in [6, 6.07) is 1.52. The van der Waals surface area contributed by atoms with Gasteiger partial charge in [-0.05, 0) is 30.4 Å². The average molecular weight is 345 g/mol. The molecule has 1 unspecified atom stereocenters. The molecule has 2 aromatic rings. The summed E-state index contributed by atoms with van der Waals surface area (Å²) in [4.78, 5) is 16.3. The first-order chi connectivity index (χ1) is 11.4. The Balaban J connectivity index is 2.10. The number of fused-ring (bicyclic) bond motifs is 1. The predicted octanol–water partition coefficient (Wildman–Crippen LogP) is 1.58. The number of rotatable bonds is 4. The van der Waals surface area contributed by atoms with E-state index in [1.807, 2.05) is 18.2 Å². The highest BCUT2D eigenvalue weighted by molar-refractivity contribution is 7.89. The van der Waals surface area contributed by atoms with Gasteiger partial charge in [-0.3, -0.25) is 9.78 Å². The molecule has 126 valence electrons. The molecular weight excluding hydrogens is 326 g/mol. The van der Waals surface area contributed by atoms with E-state index in [0.717, 1.165) is 16.5 Å². The molecule has 24 heavy (non-hydrogen) atoms. The highest BCUT2D eigenvalue weighted by atomic mass is 32.2. The topological polar surface area (TPSA) is 81.1 Å². The number of sulfonamides is 1. The zero-order valence-corrected chi connectivity index (χ0v) is 14.4.